The number of anilines is 4. The van der Waals surface area contributed by atoms with Gasteiger partial charge in [-0.2, -0.15) is 4.98 Å². The third-order valence-electron chi connectivity index (χ3n) is 4.80. The Bertz CT molecular complexity index is 854. The molecular formula is C19H25N7O2. The maximum atomic E-state index is 12.2. The summed E-state index contributed by atoms with van der Waals surface area (Å²) in [5.41, 5.74) is 7.34. The average molecular weight is 383 g/mol. The Morgan fingerprint density at radius 3 is 2.57 bits per heavy atom. The normalized spacial score (nSPS) is 16.4. The van der Waals surface area contributed by atoms with Crippen LogP contribution in [0.4, 0.5) is 23.1 Å². The van der Waals surface area contributed by atoms with Crippen molar-refractivity contribution in [1.82, 2.24) is 15.3 Å². The molecule has 0 aliphatic carbocycles. The first-order chi connectivity index (χ1) is 13.5. The van der Waals surface area contributed by atoms with E-state index in [-0.39, 0.29) is 17.5 Å². The van der Waals surface area contributed by atoms with E-state index < -0.39 is 5.91 Å². The van der Waals surface area contributed by atoms with E-state index in [0.717, 1.165) is 37.2 Å². The second kappa shape index (κ2) is 8.55. The van der Waals surface area contributed by atoms with E-state index in [2.05, 4.69) is 30.8 Å². The fourth-order valence-corrected chi connectivity index (χ4v) is 3.36. The van der Waals surface area contributed by atoms with Crippen LogP contribution in [0.15, 0.2) is 30.5 Å². The third-order valence-corrected chi connectivity index (χ3v) is 4.80. The summed E-state index contributed by atoms with van der Waals surface area (Å²) in [5, 5.41) is 8.70. The van der Waals surface area contributed by atoms with Crippen molar-refractivity contribution in [3.63, 3.8) is 0 Å². The van der Waals surface area contributed by atoms with E-state index in [4.69, 9.17) is 5.73 Å². The molecule has 1 aliphatic heterocycles. The Morgan fingerprint density at radius 1 is 1.18 bits per heavy atom. The van der Waals surface area contributed by atoms with Gasteiger partial charge in [0.1, 0.15) is 11.9 Å². The molecule has 0 spiro atoms. The molecule has 2 heterocycles. The van der Waals surface area contributed by atoms with Gasteiger partial charge in [-0.05, 0) is 43.5 Å². The van der Waals surface area contributed by atoms with Crippen LogP contribution in [0.5, 0.6) is 0 Å². The van der Waals surface area contributed by atoms with Crippen molar-refractivity contribution in [2.45, 2.75) is 25.3 Å². The standard InChI is InChI=1S/C19H25N7O2/c1-21-17-14(16(20)27)11-23-19(25-17)24-12-6-8-13(9-7-12)26-10-4-3-5-15(26)18(28)22-2/h6-9,11,15H,3-5,10H2,1-2H3,(H2,20,27)(H,22,28)(H2,21,23,24,25)/t15-/m0/s1. The van der Waals surface area contributed by atoms with Gasteiger partial charge in [-0.1, -0.05) is 0 Å². The summed E-state index contributed by atoms with van der Waals surface area (Å²) in [6.07, 6.45) is 4.37. The van der Waals surface area contributed by atoms with Crippen molar-refractivity contribution in [2.75, 3.05) is 36.2 Å². The van der Waals surface area contributed by atoms with Gasteiger partial charge in [0.05, 0.1) is 5.56 Å². The van der Waals surface area contributed by atoms with Gasteiger partial charge in [-0.15, -0.1) is 0 Å². The molecule has 148 valence electrons. The molecule has 1 aromatic heterocycles. The molecule has 1 aromatic carbocycles. The molecule has 1 atom stereocenters. The highest BCUT2D eigenvalue weighted by Gasteiger charge is 2.28. The summed E-state index contributed by atoms with van der Waals surface area (Å²) in [5.74, 6) is 0.170. The van der Waals surface area contributed by atoms with Gasteiger partial charge in [-0.3, -0.25) is 9.59 Å². The lowest BCUT2D eigenvalue weighted by molar-refractivity contribution is -0.122. The van der Waals surface area contributed by atoms with E-state index in [1.165, 1.54) is 6.20 Å². The molecule has 5 N–H and O–H groups in total. The van der Waals surface area contributed by atoms with Gasteiger partial charge in [0.15, 0.2) is 0 Å². The zero-order chi connectivity index (χ0) is 20.1. The third kappa shape index (κ3) is 4.13. The van der Waals surface area contributed by atoms with Crippen LogP contribution in [-0.2, 0) is 4.79 Å². The van der Waals surface area contributed by atoms with Gasteiger partial charge in [0.25, 0.3) is 5.91 Å². The number of carbonyl (C=O) groups excluding carboxylic acids is 2. The molecule has 1 aliphatic rings. The number of nitrogens with zero attached hydrogens (tertiary/aromatic N) is 3. The number of piperidine rings is 1. The minimum atomic E-state index is -0.590. The van der Waals surface area contributed by atoms with Crippen molar-refractivity contribution in [1.29, 1.82) is 0 Å². The smallest absolute Gasteiger partial charge is 0.254 e. The quantitative estimate of drug-likeness (QED) is 0.595. The summed E-state index contributed by atoms with van der Waals surface area (Å²) in [7, 11) is 3.33. The first kappa shape index (κ1) is 19.4. The minimum absolute atomic E-state index is 0.0458. The molecule has 1 saturated heterocycles. The topological polar surface area (TPSA) is 125 Å². The number of nitrogens with two attached hydrogens (primary N) is 1. The summed E-state index contributed by atoms with van der Waals surface area (Å²) in [4.78, 5) is 34.1. The SMILES string of the molecule is CNC(=O)[C@@H]1CCCCN1c1ccc(Nc2ncc(C(N)=O)c(NC)n2)cc1. The number of carbonyl (C=O) groups is 2. The van der Waals surface area contributed by atoms with Crippen molar-refractivity contribution in [3.05, 3.63) is 36.0 Å². The summed E-state index contributed by atoms with van der Waals surface area (Å²) >= 11 is 0. The molecule has 0 radical (unpaired) electrons. The Balaban J connectivity index is 1.76. The highest BCUT2D eigenvalue weighted by molar-refractivity contribution is 5.97. The van der Waals surface area contributed by atoms with Crippen LogP contribution in [0.1, 0.15) is 29.6 Å². The molecule has 0 saturated carbocycles. The monoisotopic (exact) mass is 383 g/mol. The van der Waals surface area contributed by atoms with Crippen molar-refractivity contribution < 1.29 is 9.59 Å². The fourth-order valence-electron chi connectivity index (χ4n) is 3.36. The molecule has 1 fully saturated rings. The number of nitrogens with one attached hydrogen (secondary N) is 3. The number of likely N-dealkylation sites (N-methyl/N-ethyl adjacent to an activating group) is 1. The summed E-state index contributed by atoms with van der Waals surface area (Å²) in [6, 6.07) is 7.63. The Labute approximate surface area is 163 Å². The second-order valence-electron chi connectivity index (χ2n) is 6.56. The maximum Gasteiger partial charge on any atom is 0.254 e. The molecule has 28 heavy (non-hydrogen) atoms. The molecule has 9 heteroatoms. The number of hydrogen-bond donors (Lipinski definition) is 4. The van der Waals surface area contributed by atoms with Crippen LogP contribution in [0.3, 0.4) is 0 Å². The zero-order valence-electron chi connectivity index (χ0n) is 16.0. The van der Waals surface area contributed by atoms with E-state index in [1.807, 2.05) is 24.3 Å². The fraction of sp³-hybridized carbons (Fsp3) is 0.368. The van der Waals surface area contributed by atoms with Crippen LogP contribution in [0, 0.1) is 0 Å². The molecular weight excluding hydrogens is 358 g/mol. The second-order valence-corrected chi connectivity index (χ2v) is 6.56. The van der Waals surface area contributed by atoms with Crippen LogP contribution >= 0.6 is 0 Å². The Hall–Kier alpha value is -3.36. The minimum Gasteiger partial charge on any atom is -0.372 e. The number of benzene rings is 1. The molecule has 2 amide bonds. The Kier molecular flexibility index (Phi) is 5.93. The highest BCUT2D eigenvalue weighted by Crippen LogP contribution is 2.27. The highest BCUT2D eigenvalue weighted by atomic mass is 16.2. The van der Waals surface area contributed by atoms with Crippen LogP contribution in [-0.4, -0.2) is 48.5 Å². The summed E-state index contributed by atoms with van der Waals surface area (Å²) in [6.45, 7) is 0.855. The molecule has 0 bridgehead atoms. The van der Waals surface area contributed by atoms with Crippen molar-refractivity contribution >= 4 is 35.0 Å². The zero-order valence-corrected chi connectivity index (χ0v) is 16.0. The van der Waals surface area contributed by atoms with Crippen molar-refractivity contribution in [3.8, 4) is 0 Å². The number of hydrogen-bond acceptors (Lipinski definition) is 7. The number of primary amides is 1. The van der Waals surface area contributed by atoms with Gasteiger partial charge in [-0.25, -0.2) is 4.98 Å². The molecule has 3 rings (SSSR count). The lowest BCUT2D eigenvalue weighted by Crippen LogP contribution is -2.48. The predicted molar refractivity (Wildman–Crippen MR) is 109 cm³/mol. The van der Waals surface area contributed by atoms with Crippen LogP contribution in [0.25, 0.3) is 0 Å². The molecule has 2 aromatic rings. The molecule has 0 unspecified atom stereocenters. The van der Waals surface area contributed by atoms with E-state index >= 15 is 0 Å². The lowest BCUT2D eigenvalue weighted by atomic mass is 10.0. The van der Waals surface area contributed by atoms with Crippen LogP contribution in [0.2, 0.25) is 0 Å². The van der Waals surface area contributed by atoms with Crippen LogP contribution < -0.4 is 26.6 Å². The van der Waals surface area contributed by atoms with Gasteiger partial charge in [0.2, 0.25) is 11.9 Å². The maximum absolute atomic E-state index is 12.2. The first-order valence-corrected chi connectivity index (χ1v) is 9.23. The van der Waals surface area contributed by atoms with Crippen molar-refractivity contribution in [2.24, 2.45) is 5.73 Å². The first-order valence-electron chi connectivity index (χ1n) is 9.23. The largest absolute Gasteiger partial charge is 0.372 e. The summed E-state index contributed by atoms with van der Waals surface area (Å²) < 4.78 is 0. The van der Waals surface area contributed by atoms with Gasteiger partial charge < -0.3 is 26.6 Å². The Morgan fingerprint density at radius 2 is 1.93 bits per heavy atom. The number of rotatable bonds is 6. The van der Waals surface area contributed by atoms with E-state index in [1.54, 1.807) is 14.1 Å². The predicted octanol–water partition coefficient (Wildman–Crippen LogP) is 1.47. The number of amides is 2. The molecule has 9 nitrogen and oxygen atoms in total. The lowest BCUT2D eigenvalue weighted by Gasteiger charge is -2.36. The number of aromatic nitrogens is 2. The van der Waals surface area contributed by atoms with E-state index in [0.29, 0.717) is 11.8 Å². The van der Waals surface area contributed by atoms with Gasteiger partial charge in [0, 0.05) is 38.2 Å². The van der Waals surface area contributed by atoms with E-state index in [9.17, 15) is 9.59 Å². The average Bonchev–Trinajstić information content (AvgIpc) is 2.73. The van der Waals surface area contributed by atoms with Gasteiger partial charge >= 0.3 is 0 Å².